The Hall–Kier alpha value is -3.39. The monoisotopic (exact) mass is 373 g/mol. The maximum absolute atomic E-state index is 12.6. The molecule has 2 atom stereocenters. The van der Waals surface area contributed by atoms with Crippen LogP contribution in [0.15, 0.2) is 54.6 Å². The van der Waals surface area contributed by atoms with E-state index in [1.54, 1.807) is 24.3 Å². The average molecular weight is 373 g/mol. The molecule has 2 amide bonds. The van der Waals surface area contributed by atoms with Crippen molar-refractivity contribution < 1.29 is 9.59 Å². The number of benzene rings is 2. The summed E-state index contributed by atoms with van der Waals surface area (Å²) in [5, 5.41) is 11.8. The highest BCUT2D eigenvalue weighted by atomic mass is 16.2. The number of amides is 2. The highest BCUT2D eigenvalue weighted by Crippen LogP contribution is 2.33. The SMILES string of the molecule is CC(C)Cc1ccc(C2=C[C@@H](c3ccc(C#N)cc3)[C@H](C(N)=O)C(=O)N2)cc1. The first-order valence-electron chi connectivity index (χ1n) is 9.30. The number of nitriles is 1. The molecule has 5 heteroatoms. The molecule has 0 bridgehead atoms. The zero-order chi connectivity index (χ0) is 20.3. The molecule has 0 unspecified atom stereocenters. The van der Waals surface area contributed by atoms with Crippen LogP contribution < -0.4 is 11.1 Å². The normalized spacial score (nSPS) is 18.9. The number of carbonyl (C=O) groups excluding carboxylic acids is 2. The van der Waals surface area contributed by atoms with Crippen LogP contribution in [0.1, 0.15) is 42.0 Å². The fourth-order valence-electron chi connectivity index (χ4n) is 3.53. The molecule has 0 radical (unpaired) electrons. The third-order valence-electron chi connectivity index (χ3n) is 4.89. The van der Waals surface area contributed by atoms with E-state index in [2.05, 4.69) is 37.4 Å². The lowest BCUT2D eigenvalue weighted by Crippen LogP contribution is -2.44. The van der Waals surface area contributed by atoms with Crippen molar-refractivity contribution in [3.63, 3.8) is 0 Å². The van der Waals surface area contributed by atoms with Crippen LogP contribution in [0.25, 0.3) is 5.70 Å². The summed E-state index contributed by atoms with van der Waals surface area (Å²) >= 11 is 0. The zero-order valence-electron chi connectivity index (χ0n) is 16.0. The van der Waals surface area contributed by atoms with Crippen LogP contribution in [0.3, 0.4) is 0 Å². The van der Waals surface area contributed by atoms with Crippen LogP contribution in [-0.4, -0.2) is 11.8 Å². The highest BCUT2D eigenvalue weighted by molar-refractivity contribution is 6.05. The number of carbonyl (C=O) groups is 2. The molecule has 0 aromatic heterocycles. The molecule has 28 heavy (non-hydrogen) atoms. The van der Waals surface area contributed by atoms with E-state index < -0.39 is 23.7 Å². The molecule has 3 N–H and O–H groups in total. The molecule has 0 spiro atoms. The smallest absolute Gasteiger partial charge is 0.237 e. The fourth-order valence-corrected chi connectivity index (χ4v) is 3.53. The maximum Gasteiger partial charge on any atom is 0.237 e. The first kappa shape index (κ1) is 19.4. The lowest BCUT2D eigenvalue weighted by molar-refractivity contribution is -0.133. The number of hydrogen-bond donors (Lipinski definition) is 2. The Morgan fingerprint density at radius 1 is 1.14 bits per heavy atom. The van der Waals surface area contributed by atoms with Gasteiger partial charge >= 0.3 is 0 Å². The van der Waals surface area contributed by atoms with Gasteiger partial charge in [0.1, 0.15) is 5.92 Å². The average Bonchev–Trinajstić information content (AvgIpc) is 2.67. The predicted octanol–water partition coefficient (Wildman–Crippen LogP) is 3.11. The summed E-state index contributed by atoms with van der Waals surface area (Å²) in [6, 6.07) is 17.0. The first-order valence-corrected chi connectivity index (χ1v) is 9.30. The highest BCUT2D eigenvalue weighted by Gasteiger charge is 2.37. The molecule has 1 aliphatic rings. The van der Waals surface area contributed by atoms with Gasteiger partial charge in [-0.1, -0.05) is 56.3 Å². The lowest BCUT2D eigenvalue weighted by atomic mass is 9.81. The van der Waals surface area contributed by atoms with E-state index in [0.29, 0.717) is 17.2 Å². The van der Waals surface area contributed by atoms with E-state index in [9.17, 15) is 9.59 Å². The van der Waals surface area contributed by atoms with Gasteiger partial charge in [0.2, 0.25) is 11.8 Å². The van der Waals surface area contributed by atoms with Crippen molar-refractivity contribution >= 4 is 17.5 Å². The molecular formula is C23H23N3O2. The lowest BCUT2D eigenvalue weighted by Gasteiger charge is -2.28. The third kappa shape index (κ3) is 4.12. The van der Waals surface area contributed by atoms with Crippen molar-refractivity contribution in [2.45, 2.75) is 26.2 Å². The topological polar surface area (TPSA) is 96.0 Å². The van der Waals surface area contributed by atoms with Crippen LogP contribution in [0.5, 0.6) is 0 Å². The Morgan fingerprint density at radius 2 is 1.79 bits per heavy atom. The van der Waals surface area contributed by atoms with E-state index in [0.717, 1.165) is 17.5 Å². The summed E-state index contributed by atoms with van der Waals surface area (Å²) in [6.07, 6.45) is 2.86. The summed E-state index contributed by atoms with van der Waals surface area (Å²) in [5.41, 5.74) is 9.57. The minimum Gasteiger partial charge on any atom is -0.369 e. The number of hydrogen-bond acceptors (Lipinski definition) is 3. The van der Waals surface area contributed by atoms with Crippen molar-refractivity contribution in [3.8, 4) is 6.07 Å². The summed E-state index contributed by atoms with van der Waals surface area (Å²) in [5.74, 6) is -1.99. The van der Waals surface area contributed by atoms with E-state index in [1.165, 1.54) is 5.56 Å². The first-order chi connectivity index (χ1) is 13.4. The Bertz CT molecular complexity index is 951. The quantitative estimate of drug-likeness (QED) is 0.788. The van der Waals surface area contributed by atoms with Gasteiger partial charge in [0.05, 0.1) is 11.6 Å². The van der Waals surface area contributed by atoms with E-state index in [1.807, 2.05) is 18.2 Å². The second kappa shape index (κ2) is 8.10. The van der Waals surface area contributed by atoms with Crippen molar-refractivity contribution in [1.29, 1.82) is 5.26 Å². The largest absolute Gasteiger partial charge is 0.369 e. The van der Waals surface area contributed by atoms with Crippen LogP contribution >= 0.6 is 0 Å². The number of nitrogens with two attached hydrogens (primary N) is 1. The van der Waals surface area contributed by atoms with Crippen LogP contribution in [0.2, 0.25) is 0 Å². The minimum absolute atomic E-state index is 0.411. The van der Waals surface area contributed by atoms with Crippen molar-refractivity contribution in [3.05, 3.63) is 76.9 Å². The van der Waals surface area contributed by atoms with E-state index >= 15 is 0 Å². The van der Waals surface area contributed by atoms with Gasteiger partial charge in [-0.05, 0) is 41.2 Å². The second-order valence-corrected chi connectivity index (χ2v) is 7.50. The van der Waals surface area contributed by atoms with Gasteiger partial charge in [-0.3, -0.25) is 9.59 Å². The number of nitrogens with zero attached hydrogens (tertiary/aromatic N) is 1. The second-order valence-electron chi connectivity index (χ2n) is 7.50. The molecule has 3 rings (SSSR count). The molecular weight excluding hydrogens is 350 g/mol. The van der Waals surface area contributed by atoms with E-state index in [4.69, 9.17) is 11.0 Å². The predicted molar refractivity (Wildman–Crippen MR) is 108 cm³/mol. The van der Waals surface area contributed by atoms with Crippen molar-refractivity contribution in [2.75, 3.05) is 0 Å². The summed E-state index contributed by atoms with van der Waals surface area (Å²) < 4.78 is 0. The van der Waals surface area contributed by atoms with Crippen LogP contribution in [0, 0.1) is 23.2 Å². The molecule has 1 heterocycles. The molecule has 0 saturated heterocycles. The Balaban J connectivity index is 1.98. The molecule has 0 aliphatic carbocycles. The minimum atomic E-state index is -0.989. The summed E-state index contributed by atoms with van der Waals surface area (Å²) in [6.45, 7) is 4.34. The fraction of sp³-hybridized carbons (Fsp3) is 0.261. The number of rotatable bonds is 5. The van der Waals surface area contributed by atoms with Gasteiger partial charge in [0, 0.05) is 11.6 Å². The third-order valence-corrected chi connectivity index (χ3v) is 4.89. The van der Waals surface area contributed by atoms with Gasteiger partial charge in [-0.25, -0.2) is 0 Å². The molecule has 5 nitrogen and oxygen atoms in total. The molecule has 0 saturated carbocycles. The van der Waals surface area contributed by atoms with E-state index in [-0.39, 0.29) is 0 Å². The molecule has 0 fully saturated rings. The Kier molecular flexibility index (Phi) is 5.60. The molecule has 2 aromatic rings. The number of primary amides is 1. The van der Waals surface area contributed by atoms with Gasteiger partial charge in [0.15, 0.2) is 0 Å². The van der Waals surface area contributed by atoms with Gasteiger partial charge < -0.3 is 11.1 Å². The molecule has 2 aromatic carbocycles. The van der Waals surface area contributed by atoms with Crippen molar-refractivity contribution in [1.82, 2.24) is 5.32 Å². The zero-order valence-corrected chi connectivity index (χ0v) is 16.0. The molecule has 1 aliphatic heterocycles. The van der Waals surface area contributed by atoms with Crippen LogP contribution in [0.4, 0.5) is 0 Å². The molecule has 142 valence electrons. The van der Waals surface area contributed by atoms with Gasteiger partial charge in [-0.15, -0.1) is 0 Å². The van der Waals surface area contributed by atoms with Crippen LogP contribution in [-0.2, 0) is 16.0 Å². The number of nitrogens with one attached hydrogen (secondary N) is 1. The van der Waals surface area contributed by atoms with Gasteiger partial charge in [-0.2, -0.15) is 5.26 Å². The summed E-state index contributed by atoms with van der Waals surface area (Å²) in [4.78, 5) is 24.6. The maximum atomic E-state index is 12.6. The number of allylic oxidation sites excluding steroid dienone is 1. The van der Waals surface area contributed by atoms with Gasteiger partial charge in [0.25, 0.3) is 0 Å². The standard InChI is InChI=1S/C23H23N3O2/c1-14(2)11-15-3-9-18(10-4-15)20-12-19(21(22(25)27)23(28)26-20)17-7-5-16(13-24)6-8-17/h3-10,12,14,19,21H,11H2,1-2H3,(H2,25,27)(H,26,28)/t19-,21+/m0/s1. The Morgan fingerprint density at radius 3 is 2.32 bits per heavy atom. The van der Waals surface area contributed by atoms with Crippen molar-refractivity contribution in [2.24, 2.45) is 17.6 Å². The summed E-state index contributed by atoms with van der Waals surface area (Å²) in [7, 11) is 0. The Labute approximate surface area is 164 Å².